The van der Waals surface area contributed by atoms with Crippen molar-refractivity contribution in [2.75, 3.05) is 0 Å². The van der Waals surface area contributed by atoms with E-state index in [0.29, 0.717) is 0 Å². The van der Waals surface area contributed by atoms with Gasteiger partial charge in [-0.1, -0.05) is 95.4 Å². The smallest absolute Gasteiger partial charge is 0.0500 e. The van der Waals surface area contributed by atoms with Crippen LogP contribution in [-0.4, -0.2) is 0 Å². The van der Waals surface area contributed by atoms with Crippen molar-refractivity contribution in [1.82, 2.24) is 0 Å². The van der Waals surface area contributed by atoms with Crippen LogP contribution in [0.4, 0.5) is 0 Å². The summed E-state index contributed by atoms with van der Waals surface area (Å²) >= 11 is 0. The summed E-state index contributed by atoms with van der Waals surface area (Å²) in [6.45, 7) is 22.9. The Labute approximate surface area is 102 Å². The van der Waals surface area contributed by atoms with Crippen LogP contribution in [0.3, 0.4) is 0 Å². The van der Waals surface area contributed by atoms with Crippen LogP contribution < -0.4 is 0 Å². The number of unbranched alkanes of at least 4 members (excludes halogenated alkanes) is 2. The van der Waals surface area contributed by atoms with Crippen LogP contribution in [0.1, 0.15) is 95.4 Å². The first kappa shape index (κ1) is 29.4. The average molecular weight is 220 g/mol. The van der Waals surface area contributed by atoms with Crippen molar-refractivity contribution in [3.05, 3.63) is 0 Å². The summed E-state index contributed by atoms with van der Waals surface area (Å²) in [5.74, 6) is 0.833. The fourth-order valence-corrected chi connectivity index (χ4v) is 0.354. The van der Waals surface area contributed by atoms with Crippen molar-refractivity contribution in [1.29, 1.82) is 0 Å². The maximum Gasteiger partial charge on any atom is -0.0500 e. The van der Waals surface area contributed by atoms with E-state index in [0.717, 1.165) is 5.92 Å². The molecule has 0 radical (unpaired) electrons. The Morgan fingerprint density at radius 2 is 0.733 bits per heavy atom. The maximum atomic E-state index is 2.21. The Kier molecular flexibility index (Phi) is 129. The van der Waals surface area contributed by atoms with Crippen molar-refractivity contribution in [3.8, 4) is 0 Å². The van der Waals surface area contributed by atoms with Crippen molar-refractivity contribution < 1.29 is 0 Å². The van der Waals surface area contributed by atoms with Gasteiger partial charge in [0.25, 0.3) is 0 Å². The number of hydrogen-bond donors (Lipinski definition) is 0. The monoisotopic (exact) mass is 220 g/mol. The standard InChI is InChI=1S/C5H12.C4H10.3C2H6/c1-3-5-4-2;1-4(2)3;3*1-2/h3-5H2,1-2H3;4H,1-3H3;3*1-2H3. The molecular formula is C15H40. The number of rotatable bonds is 2. The summed E-state index contributed by atoms with van der Waals surface area (Å²) in [4.78, 5) is 0. The fraction of sp³-hybridized carbons (Fsp3) is 1.00. The van der Waals surface area contributed by atoms with Crippen molar-refractivity contribution in [3.63, 3.8) is 0 Å². The van der Waals surface area contributed by atoms with Gasteiger partial charge in [0, 0.05) is 0 Å². The van der Waals surface area contributed by atoms with E-state index in [4.69, 9.17) is 0 Å². The Hall–Kier alpha value is 0. The zero-order valence-corrected chi connectivity index (χ0v) is 13.7. The second-order valence-electron chi connectivity index (χ2n) is 3.09. The van der Waals surface area contributed by atoms with Crippen molar-refractivity contribution in [2.24, 2.45) is 5.92 Å². The van der Waals surface area contributed by atoms with E-state index in [1.165, 1.54) is 19.3 Å². The Balaban J connectivity index is -0.0000000301. The van der Waals surface area contributed by atoms with Crippen molar-refractivity contribution in [2.45, 2.75) is 95.4 Å². The van der Waals surface area contributed by atoms with E-state index >= 15 is 0 Å². The summed E-state index contributed by atoms with van der Waals surface area (Å²) in [5.41, 5.74) is 0. The zero-order valence-electron chi connectivity index (χ0n) is 13.7. The highest BCUT2D eigenvalue weighted by atomic mass is 13.7. The molecule has 0 amide bonds. The third-order valence-corrected chi connectivity index (χ3v) is 0.707. The third kappa shape index (κ3) is 504. The van der Waals surface area contributed by atoms with Gasteiger partial charge in [-0.05, 0) is 5.92 Å². The van der Waals surface area contributed by atoms with Gasteiger partial charge in [-0.15, -0.1) is 0 Å². The van der Waals surface area contributed by atoms with Gasteiger partial charge in [-0.2, -0.15) is 0 Å². The lowest BCUT2D eigenvalue weighted by Crippen LogP contribution is -1.66. The number of hydrogen-bond acceptors (Lipinski definition) is 0. The third-order valence-electron chi connectivity index (χ3n) is 0.707. The molecule has 0 aliphatic carbocycles. The summed E-state index contributed by atoms with van der Waals surface area (Å²) in [6.07, 6.45) is 4.08. The molecule has 0 spiro atoms. The molecule has 0 nitrogen and oxygen atoms in total. The summed E-state index contributed by atoms with van der Waals surface area (Å²) in [5, 5.41) is 0. The minimum atomic E-state index is 0.833. The molecule has 0 aromatic carbocycles. The molecule has 0 fully saturated rings. The van der Waals surface area contributed by atoms with Crippen LogP contribution in [-0.2, 0) is 0 Å². The quantitative estimate of drug-likeness (QED) is 0.473. The van der Waals surface area contributed by atoms with Gasteiger partial charge in [0.05, 0.1) is 0 Å². The molecule has 0 atom stereocenters. The molecule has 0 rings (SSSR count). The fourth-order valence-electron chi connectivity index (χ4n) is 0.354. The molecule has 0 heteroatoms. The highest BCUT2D eigenvalue weighted by Crippen LogP contribution is 1.88. The second-order valence-corrected chi connectivity index (χ2v) is 3.09. The molecule has 100 valence electrons. The van der Waals surface area contributed by atoms with Gasteiger partial charge in [0.1, 0.15) is 0 Å². The van der Waals surface area contributed by atoms with Gasteiger partial charge >= 0.3 is 0 Å². The summed E-state index contributed by atoms with van der Waals surface area (Å²) in [7, 11) is 0. The maximum absolute atomic E-state index is 2.21. The predicted molar refractivity (Wildman–Crippen MR) is 79.8 cm³/mol. The minimum absolute atomic E-state index is 0.833. The molecule has 0 heterocycles. The Bertz CT molecular complexity index is 24.3. The van der Waals surface area contributed by atoms with Gasteiger partial charge < -0.3 is 0 Å². The largest absolute Gasteiger partial charge is 0.0683 e. The first-order chi connectivity index (χ1) is 7.15. The molecule has 0 bridgehead atoms. The zero-order chi connectivity index (χ0) is 13.7. The molecule has 0 aromatic heterocycles. The molecular weight excluding hydrogens is 180 g/mol. The van der Waals surface area contributed by atoms with E-state index in [1.807, 2.05) is 41.5 Å². The lowest BCUT2D eigenvalue weighted by atomic mass is 10.3. The van der Waals surface area contributed by atoms with E-state index < -0.39 is 0 Å². The lowest BCUT2D eigenvalue weighted by Gasteiger charge is -1.79. The van der Waals surface area contributed by atoms with E-state index in [1.54, 1.807) is 0 Å². The summed E-state index contributed by atoms with van der Waals surface area (Å²) < 4.78 is 0. The van der Waals surface area contributed by atoms with Crippen LogP contribution in [0.25, 0.3) is 0 Å². The molecule has 15 heavy (non-hydrogen) atoms. The molecule has 0 unspecified atom stereocenters. The predicted octanol–water partition coefficient (Wildman–Crippen LogP) is 6.94. The van der Waals surface area contributed by atoms with Gasteiger partial charge in [-0.3, -0.25) is 0 Å². The Morgan fingerprint density at radius 3 is 0.733 bits per heavy atom. The molecule has 0 saturated heterocycles. The van der Waals surface area contributed by atoms with E-state index in [-0.39, 0.29) is 0 Å². The van der Waals surface area contributed by atoms with Crippen LogP contribution >= 0.6 is 0 Å². The molecule has 0 N–H and O–H groups in total. The van der Waals surface area contributed by atoms with Crippen LogP contribution in [0, 0.1) is 5.92 Å². The molecule has 0 aromatic rings. The van der Waals surface area contributed by atoms with Gasteiger partial charge in [0.15, 0.2) is 0 Å². The van der Waals surface area contributed by atoms with E-state index in [2.05, 4.69) is 34.6 Å². The highest BCUT2D eigenvalue weighted by Gasteiger charge is 1.68. The molecule has 0 aliphatic rings. The van der Waals surface area contributed by atoms with Crippen molar-refractivity contribution >= 4 is 0 Å². The first-order valence-corrected chi connectivity index (χ1v) is 7.15. The normalized spacial score (nSPS) is 6.40. The topological polar surface area (TPSA) is 0 Å². The summed E-state index contributed by atoms with van der Waals surface area (Å²) in [6, 6.07) is 0. The SMILES string of the molecule is CC.CC.CC.CC(C)C.CCCCC. The first-order valence-electron chi connectivity index (χ1n) is 7.15. The minimum Gasteiger partial charge on any atom is -0.0683 e. The van der Waals surface area contributed by atoms with E-state index in [9.17, 15) is 0 Å². The second kappa shape index (κ2) is 65.7. The van der Waals surface area contributed by atoms with Gasteiger partial charge in [0.2, 0.25) is 0 Å². The van der Waals surface area contributed by atoms with Crippen LogP contribution in [0.15, 0.2) is 0 Å². The highest BCUT2D eigenvalue weighted by molar-refractivity contribution is 4.24. The van der Waals surface area contributed by atoms with Crippen LogP contribution in [0.5, 0.6) is 0 Å². The molecule has 0 aliphatic heterocycles. The Morgan fingerprint density at radius 1 is 0.600 bits per heavy atom. The van der Waals surface area contributed by atoms with Gasteiger partial charge in [-0.25, -0.2) is 0 Å². The van der Waals surface area contributed by atoms with Crippen LogP contribution in [0.2, 0.25) is 0 Å². The lowest BCUT2D eigenvalue weighted by molar-refractivity contribution is 0.737. The average Bonchev–Trinajstić information content (AvgIpc) is 2.27. The molecule has 0 saturated carbocycles.